The number of nitrogens with one attached hydrogen (secondary N) is 1. The van der Waals surface area contributed by atoms with Crippen molar-refractivity contribution in [2.45, 2.75) is 57.9 Å². The summed E-state index contributed by atoms with van der Waals surface area (Å²) in [5.41, 5.74) is 4.33. The minimum absolute atomic E-state index is 0.0771. The fourth-order valence-electron chi connectivity index (χ4n) is 4.99. The van der Waals surface area contributed by atoms with Gasteiger partial charge in [0.1, 0.15) is 17.6 Å². The first-order valence-corrected chi connectivity index (χ1v) is 13.9. The molecule has 0 spiro atoms. The average Bonchev–Trinajstić information content (AvgIpc) is 3.27. The summed E-state index contributed by atoms with van der Waals surface area (Å²) in [5.74, 6) is 0.484. The number of nitrogens with zero attached hydrogens (tertiary/aromatic N) is 2. The maximum absolute atomic E-state index is 14.8. The van der Waals surface area contributed by atoms with Gasteiger partial charge in [-0.05, 0) is 29.7 Å². The average molecular weight is 525 g/mol. The molecule has 3 aromatic carbocycles. The minimum atomic E-state index is -0.517. The third-order valence-corrected chi connectivity index (χ3v) is 7.09. The highest BCUT2D eigenvalue weighted by molar-refractivity contribution is 5.82. The van der Waals surface area contributed by atoms with Crippen LogP contribution in [0.5, 0.6) is 5.75 Å². The second-order valence-electron chi connectivity index (χ2n) is 10.1. The van der Waals surface area contributed by atoms with Gasteiger partial charge in [-0.15, -0.1) is 0 Å². The largest absolute Gasteiger partial charge is 0.491 e. The normalized spacial score (nSPS) is 14.2. The molecule has 0 radical (unpaired) electrons. The minimum Gasteiger partial charge on any atom is -0.491 e. The number of aromatic nitrogens is 2. The van der Waals surface area contributed by atoms with E-state index in [2.05, 4.69) is 24.4 Å². The smallest absolute Gasteiger partial charge is 0.359 e. The van der Waals surface area contributed by atoms with Crippen molar-refractivity contribution in [2.75, 3.05) is 11.9 Å². The quantitative estimate of drug-likeness (QED) is 0.164. The van der Waals surface area contributed by atoms with Gasteiger partial charge in [0.25, 0.3) is 0 Å². The predicted octanol–water partition coefficient (Wildman–Crippen LogP) is 6.79. The Kier molecular flexibility index (Phi) is 8.61. The van der Waals surface area contributed by atoms with Crippen molar-refractivity contribution in [1.29, 1.82) is 0 Å². The number of hydrogen-bond donors (Lipinski definition) is 1. The van der Waals surface area contributed by atoms with E-state index in [0.29, 0.717) is 25.3 Å². The fourth-order valence-corrected chi connectivity index (χ4v) is 4.99. The summed E-state index contributed by atoms with van der Waals surface area (Å²) in [6.07, 6.45) is 8.35. The van der Waals surface area contributed by atoms with Crippen LogP contribution in [-0.2, 0) is 12.8 Å². The summed E-state index contributed by atoms with van der Waals surface area (Å²) in [6.45, 7) is 2.69. The lowest BCUT2D eigenvalue weighted by Gasteiger charge is -2.09. The molecule has 1 aromatic heterocycles. The summed E-state index contributed by atoms with van der Waals surface area (Å²) in [6, 6.07) is 24.4. The van der Waals surface area contributed by atoms with Crippen molar-refractivity contribution >= 4 is 11.7 Å². The summed E-state index contributed by atoms with van der Waals surface area (Å²) < 4.78 is 22.2. The third kappa shape index (κ3) is 6.51. The first-order chi connectivity index (χ1) is 19.1. The van der Waals surface area contributed by atoms with Crippen LogP contribution in [0.3, 0.4) is 0 Å². The van der Waals surface area contributed by atoms with Crippen molar-refractivity contribution in [2.24, 2.45) is 0 Å². The number of anilines is 1. The summed E-state index contributed by atoms with van der Waals surface area (Å²) in [5, 5.41) is 3.39. The number of unbranched alkanes of at least 4 members (excludes halogenated alkanes) is 4. The molecule has 1 aliphatic rings. The second-order valence-corrected chi connectivity index (χ2v) is 10.1. The lowest BCUT2D eigenvalue weighted by Crippen LogP contribution is -2.44. The third-order valence-electron chi connectivity index (χ3n) is 7.09. The molecule has 4 aromatic rings. The van der Waals surface area contributed by atoms with Crippen molar-refractivity contribution in [3.05, 3.63) is 108 Å². The number of carbonyl (C=O) groups is 1. The molecule has 2 heterocycles. The molecule has 5 rings (SSSR count). The van der Waals surface area contributed by atoms with Crippen LogP contribution in [0.25, 0.3) is 11.3 Å². The number of rotatable bonds is 12. The Hall–Kier alpha value is -4.06. The van der Waals surface area contributed by atoms with E-state index in [0.717, 1.165) is 40.9 Å². The molecule has 200 valence electrons. The molecule has 0 bridgehead atoms. The van der Waals surface area contributed by atoms with Crippen LogP contribution < -0.4 is 14.6 Å². The fraction of sp³-hybridized carbons (Fsp3) is 0.303. The van der Waals surface area contributed by atoms with Crippen LogP contribution in [0.2, 0.25) is 0 Å². The molecule has 1 N–H and O–H groups in total. The van der Waals surface area contributed by atoms with Gasteiger partial charge in [0, 0.05) is 18.4 Å². The monoisotopic (exact) mass is 524 g/mol. The van der Waals surface area contributed by atoms with Crippen molar-refractivity contribution in [1.82, 2.24) is 4.98 Å². The number of fused-ring (bicyclic) bond motifs is 1. The van der Waals surface area contributed by atoms with Crippen LogP contribution in [0.1, 0.15) is 60.6 Å². The molecule has 0 saturated carbocycles. The highest BCUT2D eigenvalue weighted by atomic mass is 19.1. The van der Waals surface area contributed by atoms with E-state index in [1.54, 1.807) is 16.8 Å². The Labute approximate surface area is 229 Å². The van der Waals surface area contributed by atoms with Crippen LogP contribution in [0.15, 0.2) is 85.1 Å². The SMILES string of the molecule is CCCCCCCOc1ccc(CC2Nc3c(Cc4ccccc4)nc(-c4ccccc4)c[n+]3C2=O)cc1F. The van der Waals surface area contributed by atoms with Gasteiger partial charge in [-0.1, -0.05) is 99.3 Å². The number of hydrogen-bond acceptors (Lipinski definition) is 4. The van der Waals surface area contributed by atoms with Crippen LogP contribution >= 0.6 is 0 Å². The number of ether oxygens (including phenoxy) is 1. The van der Waals surface area contributed by atoms with E-state index >= 15 is 0 Å². The Morgan fingerprint density at radius 1 is 0.923 bits per heavy atom. The molecule has 5 nitrogen and oxygen atoms in total. The van der Waals surface area contributed by atoms with Gasteiger partial charge in [0.05, 0.1) is 6.61 Å². The van der Waals surface area contributed by atoms with E-state index in [9.17, 15) is 9.18 Å². The molecule has 0 amide bonds. The van der Waals surface area contributed by atoms with Crippen molar-refractivity contribution < 1.29 is 18.5 Å². The first-order valence-electron chi connectivity index (χ1n) is 13.9. The van der Waals surface area contributed by atoms with E-state index in [1.807, 2.05) is 54.6 Å². The molecule has 1 aliphatic heterocycles. The highest BCUT2D eigenvalue weighted by Gasteiger charge is 2.41. The van der Waals surface area contributed by atoms with E-state index in [1.165, 1.54) is 25.3 Å². The lowest BCUT2D eigenvalue weighted by atomic mass is 10.1. The topological polar surface area (TPSA) is 55.1 Å². The zero-order valence-electron chi connectivity index (χ0n) is 22.4. The number of halogens is 1. The van der Waals surface area contributed by atoms with Crippen LogP contribution in [0.4, 0.5) is 10.2 Å². The van der Waals surface area contributed by atoms with Gasteiger partial charge < -0.3 is 4.74 Å². The first kappa shape index (κ1) is 26.5. The van der Waals surface area contributed by atoms with Gasteiger partial charge in [-0.25, -0.2) is 14.2 Å². The van der Waals surface area contributed by atoms with Crippen molar-refractivity contribution in [3.63, 3.8) is 0 Å². The Morgan fingerprint density at radius 3 is 2.41 bits per heavy atom. The maximum Gasteiger partial charge on any atom is 0.359 e. The van der Waals surface area contributed by atoms with Gasteiger partial charge in [-0.2, -0.15) is 4.57 Å². The van der Waals surface area contributed by atoms with Gasteiger partial charge in [-0.3, -0.25) is 5.32 Å². The van der Waals surface area contributed by atoms with Crippen molar-refractivity contribution in [3.8, 4) is 17.0 Å². The Morgan fingerprint density at radius 2 is 1.67 bits per heavy atom. The van der Waals surface area contributed by atoms with E-state index < -0.39 is 11.9 Å². The Bertz CT molecular complexity index is 1410. The van der Waals surface area contributed by atoms with E-state index in [-0.39, 0.29) is 11.7 Å². The summed E-state index contributed by atoms with van der Waals surface area (Å²) in [4.78, 5) is 18.5. The molecular formula is C33H35FN3O2+. The zero-order chi connectivity index (χ0) is 27.0. The van der Waals surface area contributed by atoms with Crippen LogP contribution in [-0.4, -0.2) is 23.5 Å². The molecular weight excluding hydrogens is 489 g/mol. The predicted molar refractivity (Wildman–Crippen MR) is 152 cm³/mol. The zero-order valence-corrected chi connectivity index (χ0v) is 22.4. The summed E-state index contributed by atoms with van der Waals surface area (Å²) >= 11 is 0. The summed E-state index contributed by atoms with van der Waals surface area (Å²) in [7, 11) is 0. The Balaban J connectivity index is 1.33. The second kappa shape index (κ2) is 12.7. The highest BCUT2D eigenvalue weighted by Crippen LogP contribution is 2.26. The van der Waals surface area contributed by atoms with Gasteiger partial charge in [0.15, 0.2) is 17.6 Å². The molecule has 0 fully saturated rings. The van der Waals surface area contributed by atoms with Gasteiger partial charge >= 0.3 is 11.7 Å². The number of benzene rings is 3. The maximum atomic E-state index is 14.8. The molecule has 0 aliphatic carbocycles. The molecule has 0 saturated heterocycles. The van der Waals surface area contributed by atoms with Gasteiger partial charge in [0.2, 0.25) is 0 Å². The molecule has 1 unspecified atom stereocenters. The lowest BCUT2D eigenvalue weighted by molar-refractivity contribution is -0.552. The van der Waals surface area contributed by atoms with Crippen LogP contribution in [0, 0.1) is 5.82 Å². The molecule has 39 heavy (non-hydrogen) atoms. The standard InChI is InChI=1S/C33H34FN3O2/c1-2-3-4-5-12-19-39-31-18-17-25(20-27(31)34)22-29-33(38)37-23-30(26-15-10-7-11-16-26)35-28(32(37)36-29)21-24-13-8-6-9-14-24/h6-11,13-18,20,23,29H,2-5,12,19,21-22H2,1H3/p+1. The molecule has 6 heteroatoms. The van der Waals surface area contributed by atoms with E-state index in [4.69, 9.17) is 9.72 Å². The molecule has 1 atom stereocenters. The number of carbonyl (C=O) groups excluding carboxylic acids is 1.